The Balaban J connectivity index is 2.42. The summed E-state index contributed by atoms with van der Waals surface area (Å²) in [6, 6.07) is -0.415. The zero-order valence-corrected chi connectivity index (χ0v) is 10.6. The van der Waals surface area contributed by atoms with Crippen LogP contribution in [-0.4, -0.2) is 59.8 Å². The van der Waals surface area contributed by atoms with E-state index in [1.165, 1.54) is 16.8 Å². The van der Waals surface area contributed by atoms with Gasteiger partial charge in [0.1, 0.15) is 0 Å². The molecule has 1 N–H and O–H groups in total. The topological polar surface area (TPSA) is 60.9 Å². The van der Waals surface area contributed by atoms with Crippen LogP contribution < -0.4 is 0 Å². The maximum absolute atomic E-state index is 12.5. The van der Waals surface area contributed by atoms with Gasteiger partial charge in [-0.15, -0.1) is 0 Å². The third-order valence-electron chi connectivity index (χ3n) is 3.22. The molecule has 0 atom stereocenters. The zero-order chi connectivity index (χ0) is 14.6. The fraction of sp³-hybridized carbons (Fsp3) is 0.818. The van der Waals surface area contributed by atoms with Gasteiger partial charge in [0.25, 0.3) is 0 Å². The monoisotopic (exact) mass is 282 g/mol. The van der Waals surface area contributed by atoms with Crippen molar-refractivity contribution in [2.45, 2.75) is 25.4 Å². The van der Waals surface area contributed by atoms with E-state index in [0.29, 0.717) is 0 Å². The van der Waals surface area contributed by atoms with E-state index < -0.39 is 24.1 Å². The highest BCUT2D eigenvalue weighted by molar-refractivity contribution is 5.75. The molecule has 1 aliphatic rings. The van der Waals surface area contributed by atoms with Gasteiger partial charge in [-0.2, -0.15) is 13.2 Å². The van der Waals surface area contributed by atoms with Crippen molar-refractivity contribution < 1.29 is 27.9 Å². The lowest BCUT2D eigenvalue weighted by molar-refractivity contribution is -0.183. The number of urea groups is 1. The molecule has 0 radical (unpaired) electrons. The van der Waals surface area contributed by atoms with E-state index >= 15 is 0 Å². The van der Waals surface area contributed by atoms with Crippen molar-refractivity contribution in [3.8, 4) is 0 Å². The molecule has 1 heterocycles. The van der Waals surface area contributed by atoms with E-state index in [4.69, 9.17) is 5.11 Å². The Hall–Kier alpha value is -1.47. The highest BCUT2D eigenvalue weighted by Crippen LogP contribution is 2.34. The summed E-state index contributed by atoms with van der Waals surface area (Å²) < 4.78 is 37.4. The minimum Gasteiger partial charge on any atom is -0.481 e. The van der Waals surface area contributed by atoms with Crippen molar-refractivity contribution in [2.24, 2.45) is 5.92 Å². The van der Waals surface area contributed by atoms with Crippen LogP contribution in [0, 0.1) is 5.92 Å². The molecular weight excluding hydrogens is 265 g/mol. The number of hydrogen-bond donors (Lipinski definition) is 1. The number of carbonyl (C=O) groups is 2. The number of carboxylic acids is 1. The number of rotatable bonds is 3. The number of carbonyl (C=O) groups excluding carboxylic acids is 1. The standard InChI is InChI=1S/C11H17F3N2O3/c1-15(5-4-9(17)18)10(19)16-6-2-8(3-7-16)11(12,13)14/h8H,2-7H2,1H3,(H,17,18). The number of hydrogen-bond acceptors (Lipinski definition) is 2. The van der Waals surface area contributed by atoms with Crippen LogP contribution in [0.15, 0.2) is 0 Å². The van der Waals surface area contributed by atoms with Gasteiger partial charge in [-0.3, -0.25) is 4.79 Å². The van der Waals surface area contributed by atoms with Gasteiger partial charge < -0.3 is 14.9 Å². The van der Waals surface area contributed by atoms with Crippen molar-refractivity contribution in [3.05, 3.63) is 0 Å². The van der Waals surface area contributed by atoms with E-state index in [1.807, 2.05) is 0 Å². The summed E-state index contributed by atoms with van der Waals surface area (Å²) in [4.78, 5) is 24.8. The van der Waals surface area contributed by atoms with Crippen molar-refractivity contribution in [2.75, 3.05) is 26.7 Å². The molecule has 110 valence electrons. The van der Waals surface area contributed by atoms with Crippen LogP contribution in [0.25, 0.3) is 0 Å². The first kappa shape index (κ1) is 15.6. The molecule has 0 aromatic heterocycles. The second-order valence-electron chi connectivity index (χ2n) is 4.65. The molecule has 0 aromatic carbocycles. The molecule has 1 rings (SSSR count). The smallest absolute Gasteiger partial charge is 0.391 e. The van der Waals surface area contributed by atoms with Crippen LogP contribution in [0.4, 0.5) is 18.0 Å². The third kappa shape index (κ3) is 4.60. The highest BCUT2D eigenvalue weighted by atomic mass is 19.4. The first-order valence-corrected chi connectivity index (χ1v) is 6.00. The van der Waals surface area contributed by atoms with Crippen molar-refractivity contribution >= 4 is 12.0 Å². The average Bonchev–Trinajstić information content (AvgIpc) is 2.34. The number of halogens is 3. The lowest BCUT2D eigenvalue weighted by atomic mass is 9.96. The second kappa shape index (κ2) is 6.12. The molecule has 1 fully saturated rings. The van der Waals surface area contributed by atoms with E-state index in [-0.39, 0.29) is 38.9 Å². The molecule has 1 saturated heterocycles. The van der Waals surface area contributed by atoms with Gasteiger partial charge in [-0.1, -0.05) is 0 Å². The molecule has 0 aromatic rings. The van der Waals surface area contributed by atoms with Gasteiger partial charge >= 0.3 is 18.2 Å². The summed E-state index contributed by atoms with van der Waals surface area (Å²) >= 11 is 0. The molecule has 0 bridgehead atoms. The summed E-state index contributed by atoms with van der Waals surface area (Å²) in [6.07, 6.45) is -4.57. The van der Waals surface area contributed by atoms with Crippen LogP contribution in [0.2, 0.25) is 0 Å². The van der Waals surface area contributed by atoms with E-state index in [0.717, 1.165) is 0 Å². The van der Waals surface area contributed by atoms with E-state index in [1.54, 1.807) is 0 Å². The highest BCUT2D eigenvalue weighted by Gasteiger charge is 2.41. The SMILES string of the molecule is CN(CCC(=O)O)C(=O)N1CCC(C(F)(F)F)CC1. The lowest BCUT2D eigenvalue weighted by Gasteiger charge is -2.35. The van der Waals surface area contributed by atoms with E-state index in [9.17, 15) is 22.8 Å². The first-order chi connectivity index (χ1) is 8.71. The minimum atomic E-state index is -4.20. The summed E-state index contributed by atoms with van der Waals surface area (Å²) in [5, 5.41) is 8.50. The maximum Gasteiger partial charge on any atom is 0.391 e. The molecular formula is C11H17F3N2O3. The first-order valence-electron chi connectivity index (χ1n) is 6.00. The van der Waals surface area contributed by atoms with Crippen molar-refractivity contribution in [3.63, 3.8) is 0 Å². The van der Waals surface area contributed by atoms with Crippen molar-refractivity contribution in [1.29, 1.82) is 0 Å². The number of nitrogens with zero attached hydrogens (tertiary/aromatic N) is 2. The van der Waals surface area contributed by atoms with Gasteiger partial charge in [0.2, 0.25) is 0 Å². The van der Waals surface area contributed by atoms with Crippen LogP contribution in [-0.2, 0) is 4.79 Å². The normalized spacial score (nSPS) is 17.4. The maximum atomic E-state index is 12.5. The van der Waals surface area contributed by atoms with Crippen molar-refractivity contribution in [1.82, 2.24) is 9.80 Å². The molecule has 0 spiro atoms. The van der Waals surface area contributed by atoms with Gasteiger partial charge in [-0.25, -0.2) is 4.79 Å². The predicted molar refractivity (Wildman–Crippen MR) is 60.6 cm³/mol. The average molecular weight is 282 g/mol. The number of piperidine rings is 1. The van der Waals surface area contributed by atoms with Crippen LogP contribution >= 0.6 is 0 Å². The Bertz CT molecular complexity index is 339. The second-order valence-corrected chi connectivity index (χ2v) is 4.65. The van der Waals surface area contributed by atoms with Gasteiger partial charge in [0.05, 0.1) is 12.3 Å². The van der Waals surface area contributed by atoms with Crippen LogP contribution in [0.5, 0.6) is 0 Å². The summed E-state index contributed by atoms with van der Waals surface area (Å²) in [5.41, 5.74) is 0. The summed E-state index contributed by atoms with van der Waals surface area (Å²) in [6.45, 7) is 0.161. The Morgan fingerprint density at radius 2 is 1.84 bits per heavy atom. The van der Waals surface area contributed by atoms with Crippen LogP contribution in [0.3, 0.4) is 0 Å². The Morgan fingerprint density at radius 1 is 1.32 bits per heavy atom. The van der Waals surface area contributed by atoms with Crippen LogP contribution in [0.1, 0.15) is 19.3 Å². The van der Waals surface area contributed by atoms with E-state index in [2.05, 4.69) is 0 Å². The third-order valence-corrected chi connectivity index (χ3v) is 3.22. The molecule has 0 unspecified atom stereocenters. The Morgan fingerprint density at radius 3 is 2.26 bits per heavy atom. The quantitative estimate of drug-likeness (QED) is 0.858. The minimum absolute atomic E-state index is 0.0490. The molecule has 8 heteroatoms. The van der Waals surface area contributed by atoms with Gasteiger partial charge in [-0.05, 0) is 12.8 Å². The summed E-state index contributed by atoms with van der Waals surface area (Å²) in [5.74, 6) is -2.36. The van der Waals surface area contributed by atoms with Gasteiger partial charge in [0, 0.05) is 26.7 Å². The Kier molecular flexibility index (Phi) is 5.02. The number of likely N-dealkylation sites (tertiary alicyclic amines) is 1. The molecule has 5 nitrogen and oxygen atoms in total. The fourth-order valence-electron chi connectivity index (χ4n) is 2.00. The molecule has 0 saturated carbocycles. The van der Waals surface area contributed by atoms with Gasteiger partial charge in [0.15, 0.2) is 0 Å². The molecule has 2 amide bonds. The summed E-state index contributed by atoms with van der Waals surface area (Å²) in [7, 11) is 1.45. The fourth-order valence-corrected chi connectivity index (χ4v) is 2.00. The largest absolute Gasteiger partial charge is 0.481 e. The Labute approximate surface area is 109 Å². The molecule has 19 heavy (non-hydrogen) atoms. The number of alkyl halides is 3. The number of amides is 2. The lowest BCUT2D eigenvalue weighted by Crippen LogP contribution is -2.47. The predicted octanol–water partition coefficient (Wildman–Crippen LogP) is 1.79. The number of carboxylic acid groups (broad SMARTS) is 1. The number of aliphatic carboxylic acids is 1. The molecule has 1 aliphatic heterocycles. The zero-order valence-electron chi connectivity index (χ0n) is 10.6. The molecule has 0 aliphatic carbocycles.